The largest absolute Gasteiger partial charge is 0.446 e. The quantitative estimate of drug-likeness (QED) is 0.612. The minimum absolute atomic E-state index is 0. The van der Waals surface area contributed by atoms with Crippen LogP contribution in [0.5, 0.6) is 0 Å². The van der Waals surface area contributed by atoms with Crippen LogP contribution in [-0.4, -0.2) is 11.7 Å². The zero-order valence-corrected chi connectivity index (χ0v) is 11.6. The van der Waals surface area contributed by atoms with Crippen molar-refractivity contribution in [3.8, 4) is 0 Å². The van der Waals surface area contributed by atoms with Gasteiger partial charge in [-0.1, -0.05) is 18.2 Å². The standard InChI is InChI=1S/C11H11F6NS.ClH/c12-10(13,14)6-5-8(18)7-3-1-2-4-9(7)19-11(15,16)17;/h1-4,8H,5-6,18H2;1H/t8-;/m1./s1. The molecule has 0 spiro atoms. The van der Waals surface area contributed by atoms with Crippen LogP contribution in [0.15, 0.2) is 29.2 Å². The van der Waals surface area contributed by atoms with Gasteiger partial charge in [0.15, 0.2) is 0 Å². The maximum absolute atomic E-state index is 12.3. The van der Waals surface area contributed by atoms with Crippen molar-refractivity contribution >= 4 is 24.2 Å². The second-order valence-electron chi connectivity index (χ2n) is 3.85. The highest BCUT2D eigenvalue weighted by Crippen LogP contribution is 2.40. The van der Waals surface area contributed by atoms with E-state index in [9.17, 15) is 26.3 Å². The normalized spacial score (nSPS) is 13.8. The number of nitrogens with two attached hydrogens (primary N) is 1. The van der Waals surface area contributed by atoms with Gasteiger partial charge in [0, 0.05) is 17.4 Å². The van der Waals surface area contributed by atoms with Gasteiger partial charge in [0.05, 0.1) is 0 Å². The number of alkyl halides is 6. The summed E-state index contributed by atoms with van der Waals surface area (Å²) in [5.41, 5.74) is 1.12. The van der Waals surface area contributed by atoms with Crippen LogP contribution in [0, 0.1) is 0 Å². The number of thioether (sulfide) groups is 1. The minimum Gasteiger partial charge on any atom is -0.324 e. The molecule has 0 heterocycles. The third-order valence-corrected chi connectivity index (χ3v) is 3.11. The molecule has 9 heteroatoms. The first-order valence-corrected chi connectivity index (χ1v) is 6.07. The van der Waals surface area contributed by atoms with Crippen LogP contribution in [0.1, 0.15) is 24.4 Å². The molecule has 1 aromatic carbocycles. The molecular formula is C11H12ClF6NS. The van der Waals surface area contributed by atoms with Gasteiger partial charge in [-0.3, -0.25) is 0 Å². The van der Waals surface area contributed by atoms with E-state index in [1.54, 1.807) is 0 Å². The summed E-state index contributed by atoms with van der Waals surface area (Å²) in [7, 11) is 0. The number of benzene rings is 1. The third kappa shape index (κ3) is 7.25. The molecule has 0 aliphatic carbocycles. The highest BCUT2D eigenvalue weighted by atomic mass is 35.5. The van der Waals surface area contributed by atoms with Crippen molar-refractivity contribution in [1.82, 2.24) is 0 Å². The first kappa shape index (κ1) is 19.4. The monoisotopic (exact) mass is 339 g/mol. The van der Waals surface area contributed by atoms with E-state index in [1.165, 1.54) is 24.3 Å². The number of hydrogen-bond donors (Lipinski definition) is 1. The molecule has 0 aromatic heterocycles. The van der Waals surface area contributed by atoms with Crippen LogP contribution in [0.4, 0.5) is 26.3 Å². The summed E-state index contributed by atoms with van der Waals surface area (Å²) < 4.78 is 73.1. The van der Waals surface area contributed by atoms with Gasteiger partial charge < -0.3 is 5.73 Å². The molecule has 0 unspecified atom stereocenters. The van der Waals surface area contributed by atoms with Crippen LogP contribution in [0.2, 0.25) is 0 Å². The summed E-state index contributed by atoms with van der Waals surface area (Å²) >= 11 is -0.372. The van der Waals surface area contributed by atoms with Gasteiger partial charge >= 0.3 is 11.7 Å². The van der Waals surface area contributed by atoms with E-state index in [0.717, 1.165) is 0 Å². The Morgan fingerprint density at radius 1 is 1.05 bits per heavy atom. The van der Waals surface area contributed by atoms with E-state index < -0.39 is 30.6 Å². The Hall–Kier alpha value is -0.600. The zero-order chi connectivity index (χ0) is 14.7. The van der Waals surface area contributed by atoms with E-state index in [1.807, 2.05) is 0 Å². The fraction of sp³-hybridized carbons (Fsp3) is 0.455. The second kappa shape index (κ2) is 7.42. The molecule has 2 N–H and O–H groups in total. The van der Waals surface area contributed by atoms with Crippen molar-refractivity contribution in [3.63, 3.8) is 0 Å². The third-order valence-electron chi connectivity index (χ3n) is 2.28. The van der Waals surface area contributed by atoms with Crippen LogP contribution < -0.4 is 5.73 Å². The molecule has 0 saturated heterocycles. The average molecular weight is 340 g/mol. The van der Waals surface area contributed by atoms with E-state index in [4.69, 9.17) is 5.73 Å². The smallest absolute Gasteiger partial charge is 0.324 e. The van der Waals surface area contributed by atoms with Gasteiger partial charge in [0.1, 0.15) is 0 Å². The Morgan fingerprint density at radius 3 is 2.10 bits per heavy atom. The molecule has 0 aliphatic heterocycles. The minimum atomic E-state index is -4.50. The molecule has 1 rings (SSSR count). The predicted molar refractivity (Wildman–Crippen MR) is 67.8 cm³/mol. The molecule has 0 bridgehead atoms. The lowest BCUT2D eigenvalue weighted by Gasteiger charge is -2.17. The van der Waals surface area contributed by atoms with Crippen molar-refractivity contribution < 1.29 is 26.3 Å². The lowest BCUT2D eigenvalue weighted by Crippen LogP contribution is -2.17. The Balaban J connectivity index is 0.00000361. The van der Waals surface area contributed by atoms with E-state index >= 15 is 0 Å². The highest BCUT2D eigenvalue weighted by Gasteiger charge is 2.32. The Labute approximate surface area is 122 Å². The van der Waals surface area contributed by atoms with E-state index in [2.05, 4.69) is 0 Å². The fourth-order valence-electron chi connectivity index (χ4n) is 1.48. The molecule has 20 heavy (non-hydrogen) atoms. The Kier molecular flexibility index (Phi) is 7.20. The Morgan fingerprint density at radius 2 is 1.60 bits per heavy atom. The molecule has 0 fully saturated rings. The maximum atomic E-state index is 12.3. The number of hydrogen-bond acceptors (Lipinski definition) is 2. The van der Waals surface area contributed by atoms with Crippen molar-refractivity contribution in [2.45, 2.75) is 35.5 Å². The van der Waals surface area contributed by atoms with Gasteiger partial charge in [0.25, 0.3) is 0 Å². The van der Waals surface area contributed by atoms with Gasteiger partial charge in [-0.05, 0) is 29.8 Å². The average Bonchev–Trinajstić information content (AvgIpc) is 2.23. The van der Waals surface area contributed by atoms with Crippen LogP contribution in [0.3, 0.4) is 0 Å². The van der Waals surface area contributed by atoms with E-state index in [0.29, 0.717) is 0 Å². The lowest BCUT2D eigenvalue weighted by molar-refractivity contribution is -0.136. The van der Waals surface area contributed by atoms with Crippen molar-refractivity contribution in [2.24, 2.45) is 5.73 Å². The highest BCUT2D eigenvalue weighted by molar-refractivity contribution is 8.00. The van der Waals surface area contributed by atoms with E-state index in [-0.39, 0.29) is 34.6 Å². The van der Waals surface area contributed by atoms with Crippen LogP contribution >= 0.6 is 24.2 Å². The molecule has 0 saturated carbocycles. The van der Waals surface area contributed by atoms with Gasteiger partial charge in [-0.15, -0.1) is 12.4 Å². The first-order chi connectivity index (χ1) is 8.58. The molecule has 0 amide bonds. The summed E-state index contributed by atoms with van der Waals surface area (Å²) in [6, 6.07) is 4.26. The Bertz CT molecular complexity index is 420. The van der Waals surface area contributed by atoms with Crippen LogP contribution in [0.25, 0.3) is 0 Å². The molecule has 0 radical (unpaired) electrons. The molecule has 1 nitrogen and oxygen atoms in total. The van der Waals surface area contributed by atoms with Crippen molar-refractivity contribution in [2.75, 3.05) is 0 Å². The second-order valence-corrected chi connectivity index (χ2v) is 4.95. The summed E-state index contributed by atoms with van der Waals surface area (Å²) in [6.07, 6.45) is -5.94. The van der Waals surface area contributed by atoms with Crippen molar-refractivity contribution in [1.29, 1.82) is 0 Å². The summed E-state index contributed by atoms with van der Waals surface area (Å²) in [5.74, 6) is 0. The van der Waals surface area contributed by atoms with Gasteiger partial charge in [-0.25, -0.2) is 0 Å². The predicted octanol–water partition coefficient (Wildman–Crippen LogP) is 5.06. The summed E-state index contributed by atoms with van der Waals surface area (Å²) in [6.45, 7) is 0. The summed E-state index contributed by atoms with van der Waals surface area (Å²) in [4.78, 5) is -0.162. The molecular weight excluding hydrogens is 328 g/mol. The molecule has 116 valence electrons. The molecule has 0 aliphatic rings. The summed E-state index contributed by atoms with van der Waals surface area (Å²) in [5, 5.41) is 0. The maximum Gasteiger partial charge on any atom is 0.446 e. The van der Waals surface area contributed by atoms with Gasteiger partial charge in [0.2, 0.25) is 0 Å². The first-order valence-electron chi connectivity index (χ1n) is 5.25. The fourth-order valence-corrected chi connectivity index (χ4v) is 2.21. The van der Waals surface area contributed by atoms with Gasteiger partial charge in [-0.2, -0.15) is 26.3 Å². The molecule has 1 aromatic rings. The van der Waals surface area contributed by atoms with Crippen molar-refractivity contribution in [3.05, 3.63) is 29.8 Å². The zero-order valence-electron chi connectivity index (χ0n) is 9.96. The van der Waals surface area contributed by atoms with Crippen LogP contribution in [-0.2, 0) is 0 Å². The topological polar surface area (TPSA) is 26.0 Å². The number of halogens is 7. The SMILES string of the molecule is Cl.N[C@H](CCC(F)(F)F)c1ccccc1SC(F)(F)F. The number of rotatable bonds is 4. The molecule has 1 atom stereocenters. The lowest BCUT2D eigenvalue weighted by atomic mass is 10.0.